The van der Waals surface area contributed by atoms with Crippen LogP contribution in [0.15, 0.2) is 176 Å². The second-order valence-electron chi connectivity index (χ2n) is 12.9. The molecule has 4 nitrogen and oxygen atoms in total. The van der Waals surface area contributed by atoms with Gasteiger partial charge in [-0.3, -0.25) is 0 Å². The topological polar surface area (TPSA) is 27.7 Å². The molecule has 0 saturated carbocycles. The van der Waals surface area contributed by atoms with Gasteiger partial charge in [0.05, 0.1) is 33.1 Å². The standard InChI is InChI=1S/C44H30N4.C3H6/c1-46-41-28-31(23-26-38(41)45-44(46)29-13-4-2-5-14-29)30-15-12-18-33(27-30)48-40-22-11-9-20-35(40)37-25-24-36-34-19-8-10-21-39(34)47(42(36)43(37)48)32-16-6-3-7-17-32;1-3-2/h2-28H,1H3;3H,1H2,2H3. The highest BCUT2D eigenvalue weighted by molar-refractivity contribution is 6.23. The molecule has 0 saturated heterocycles. The van der Waals surface area contributed by atoms with Gasteiger partial charge in [0.15, 0.2) is 0 Å². The summed E-state index contributed by atoms with van der Waals surface area (Å²) in [6.45, 7) is 5.25. The maximum Gasteiger partial charge on any atom is 0.140 e. The van der Waals surface area contributed by atoms with E-state index < -0.39 is 0 Å². The Labute approximate surface area is 296 Å². The normalized spacial score (nSPS) is 11.4. The van der Waals surface area contributed by atoms with Crippen LogP contribution in [0.2, 0.25) is 0 Å². The fourth-order valence-electron chi connectivity index (χ4n) is 7.65. The predicted molar refractivity (Wildman–Crippen MR) is 216 cm³/mol. The van der Waals surface area contributed by atoms with Crippen molar-refractivity contribution in [2.45, 2.75) is 6.92 Å². The first-order valence-electron chi connectivity index (χ1n) is 17.4. The number of fused-ring (bicyclic) bond motifs is 8. The van der Waals surface area contributed by atoms with Gasteiger partial charge in [0.2, 0.25) is 0 Å². The minimum Gasteiger partial charge on any atom is -0.327 e. The van der Waals surface area contributed by atoms with Crippen LogP contribution in [0.5, 0.6) is 0 Å². The summed E-state index contributed by atoms with van der Waals surface area (Å²) in [6.07, 6.45) is 1.75. The Kier molecular flexibility index (Phi) is 7.36. The van der Waals surface area contributed by atoms with Crippen LogP contribution in [0.4, 0.5) is 0 Å². The van der Waals surface area contributed by atoms with Crippen LogP contribution in [0.3, 0.4) is 0 Å². The third kappa shape index (κ3) is 4.87. The van der Waals surface area contributed by atoms with E-state index in [1.807, 2.05) is 13.0 Å². The summed E-state index contributed by atoms with van der Waals surface area (Å²) in [5.74, 6) is 0.972. The van der Waals surface area contributed by atoms with Crippen molar-refractivity contribution in [2.24, 2.45) is 7.05 Å². The van der Waals surface area contributed by atoms with Gasteiger partial charge >= 0.3 is 0 Å². The van der Waals surface area contributed by atoms with Crippen LogP contribution in [0.25, 0.3) is 88.5 Å². The zero-order chi connectivity index (χ0) is 34.5. The number of rotatable bonds is 4. The Balaban J connectivity index is 0.00000112. The van der Waals surface area contributed by atoms with E-state index in [2.05, 4.69) is 185 Å². The third-order valence-corrected chi connectivity index (χ3v) is 9.83. The van der Waals surface area contributed by atoms with E-state index >= 15 is 0 Å². The Bertz CT molecular complexity index is 2890. The average Bonchev–Trinajstić information content (AvgIpc) is 3.83. The van der Waals surface area contributed by atoms with Gasteiger partial charge in [-0.2, -0.15) is 0 Å². The monoisotopic (exact) mass is 656 g/mol. The van der Waals surface area contributed by atoms with Gasteiger partial charge in [-0.25, -0.2) is 4.98 Å². The molecule has 0 aliphatic carbocycles. The second kappa shape index (κ2) is 12.3. The van der Waals surface area contributed by atoms with E-state index in [-0.39, 0.29) is 0 Å². The Morgan fingerprint density at radius 1 is 0.471 bits per heavy atom. The summed E-state index contributed by atoms with van der Waals surface area (Å²) < 4.78 is 7.10. The highest BCUT2D eigenvalue weighted by Gasteiger charge is 2.21. The largest absolute Gasteiger partial charge is 0.327 e. The fraction of sp³-hybridized carbons (Fsp3) is 0.0426. The van der Waals surface area contributed by atoms with Crippen LogP contribution in [0, 0.1) is 0 Å². The summed E-state index contributed by atoms with van der Waals surface area (Å²) in [4.78, 5) is 4.98. The SMILES string of the molecule is C=CC.Cn1c(-c2ccccc2)nc2ccc(-c3cccc(-n4c5ccccc5c5ccc6c7ccccc7n(-c7ccccc7)c6c54)c3)cc21. The van der Waals surface area contributed by atoms with Crippen LogP contribution in [-0.2, 0) is 7.05 Å². The number of para-hydroxylation sites is 3. The van der Waals surface area contributed by atoms with Crippen molar-refractivity contribution >= 4 is 54.6 Å². The van der Waals surface area contributed by atoms with Gasteiger partial charge in [0, 0.05) is 45.5 Å². The molecule has 51 heavy (non-hydrogen) atoms. The number of nitrogens with zero attached hydrogens (tertiary/aromatic N) is 4. The molecule has 0 unspecified atom stereocenters. The lowest BCUT2D eigenvalue weighted by molar-refractivity contribution is 0.959. The Hall–Kier alpha value is -6.65. The molecule has 10 aromatic rings. The van der Waals surface area contributed by atoms with E-state index in [9.17, 15) is 0 Å². The van der Waals surface area contributed by atoms with E-state index in [1.165, 1.54) is 49.2 Å². The second-order valence-corrected chi connectivity index (χ2v) is 12.9. The molecule has 3 heterocycles. The zero-order valence-corrected chi connectivity index (χ0v) is 28.7. The molecule has 0 bridgehead atoms. The predicted octanol–water partition coefficient (Wildman–Crippen LogP) is 12.3. The first kappa shape index (κ1) is 30.4. The maximum absolute atomic E-state index is 4.98. The number of allylic oxidation sites excluding steroid dienone is 1. The van der Waals surface area contributed by atoms with Gasteiger partial charge in [-0.05, 0) is 66.6 Å². The molecule has 0 aliphatic rings. The summed E-state index contributed by atoms with van der Waals surface area (Å²) in [5.41, 5.74) is 12.7. The molecule has 0 N–H and O–H groups in total. The molecule has 0 amide bonds. The van der Waals surface area contributed by atoms with Crippen LogP contribution >= 0.6 is 0 Å². The van der Waals surface area contributed by atoms with Crippen LogP contribution in [0.1, 0.15) is 6.92 Å². The van der Waals surface area contributed by atoms with E-state index in [0.29, 0.717) is 0 Å². The number of hydrogen-bond acceptors (Lipinski definition) is 1. The average molecular weight is 657 g/mol. The van der Waals surface area contributed by atoms with Gasteiger partial charge in [0.25, 0.3) is 0 Å². The van der Waals surface area contributed by atoms with E-state index in [4.69, 9.17) is 4.98 Å². The molecule has 10 rings (SSSR count). The highest BCUT2D eigenvalue weighted by atomic mass is 15.1. The first-order chi connectivity index (χ1) is 25.2. The van der Waals surface area contributed by atoms with Crippen molar-refractivity contribution in [3.63, 3.8) is 0 Å². The first-order valence-corrected chi connectivity index (χ1v) is 17.4. The Morgan fingerprint density at radius 2 is 0.980 bits per heavy atom. The molecule has 7 aromatic carbocycles. The number of aromatic nitrogens is 4. The minimum absolute atomic E-state index is 0.972. The summed E-state index contributed by atoms with van der Waals surface area (Å²) in [6, 6.07) is 58.9. The zero-order valence-electron chi connectivity index (χ0n) is 28.7. The lowest BCUT2D eigenvalue weighted by atomic mass is 10.0. The summed E-state index contributed by atoms with van der Waals surface area (Å²) in [7, 11) is 2.10. The summed E-state index contributed by atoms with van der Waals surface area (Å²) in [5, 5.41) is 4.99. The molecule has 0 spiro atoms. The van der Waals surface area contributed by atoms with Crippen molar-refractivity contribution in [1.29, 1.82) is 0 Å². The van der Waals surface area contributed by atoms with Crippen LogP contribution < -0.4 is 0 Å². The maximum atomic E-state index is 4.98. The van der Waals surface area contributed by atoms with E-state index in [1.54, 1.807) is 6.08 Å². The molecule has 3 aromatic heterocycles. The van der Waals surface area contributed by atoms with E-state index in [0.717, 1.165) is 39.4 Å². The smallest absolute Gasteiger partial charge is 0.140 e. The van der Waals surface area contributed by atoms with Crippen molar-refractivity contribution < 1.29 is 0 Å². The van der Waals surface area contributed by atoms with Gasteiger partial charge < -0.3 is 13.7 Å². The van der Waals surface area contributed by atoms with Gasteiger partial charge in [-0.1, -0.05) is 121 Å². The van der Waals surface area contributed by atoms with Crippen molar-refractivity contribution in [3.05, 3.63) is 176 Å². The molecule has 0 atom stereocenters. The minimum atomic E-state index is 0.972. The third-order valence-electron chi connectivity index (χ3n) is 9.83. The lowest BCUT2D eigenvalue weighted by Gasteiger charge is -2.13. The summed E-state index contributed by atoms with van der Waals surface area (Å²) >= 11 is 0. The van der Waals surface area contributed by atoms with Crippen molar-refractivity contribution in [1.82, 2.24) is 18.7 Å². The molecule has 0 aliphatic heterocycles. The number of benzene rings is 7. The fourth-order valence-corrected chi connectivity index (χ4v) is 7.65. The molecule has 0 radical (unpaired) electrons. The van der Waals surface area contributed by atoms with Crippen molar-refractivity contribution in [3.8, 4) is 33.9 Å². The molecule has 244 valence electrons. The number of hydrogen-bond donors (Lipinski definition) is 0. The molecular formula is C47H36N4. The van der Waals surface area contributed by atoms with Crippen LogP contribution in [-0.4, -0.2) is 18.7 Å². The molecule has 4 heteroatoms. The Morgan fingerprint density at radius 3 is 1.63 bits per heavy atom. The quantitative estimate of drug-likeness (QED) is 0.173. The van der Waals surface area contributed by atoms with Crippen molar-refractivity contribution in [2.75, 3.05) is 0 Å². The molecule has 0 fully saturated rings. The highest BCUT2D eigenvalue weighted by Crippen LogP contribution is 2.42. The lowest BCUT2D eigenvalue weighted by Crippen LogP contribution is -1.99. The molecular weight excluding hydrogens is 621 g/mol. The number of aryl methyl sites for hydroxylation is 1. The van der Waals surface area contributed by atoms with Gasteiger partial charge in [-0.15, -0.1) is 6.58 Å². The van der Waals surface area contributed by atoms with Gasteiger partial charge in [0.1, 0.15) is 5.82 Å². The number of imidazole rings is 1.